The summed E-state index contributed by atoms with van der Waals surface area (Å²) in [7, 11) is 0. The van der Waals surface area contributed by atoms with Crippen molar-refractivity contribution in [3.63, 3.8) is 0 Å². The molecule has 100 valence electrons. The van der Waals surface area contributed by atoms with Crippen molar-refractivity contribution in [1.82, 2.24) is 10.4 Å². The van der Waals surface area contributed by atoms with E-state index in [2.05, 4.69) is 15.5 Å². The first-order valence-corrected chi connectivity index (χ1v) is 5.66. The summed E-state index contributed by atoms with van der Waals surface area (Å²) >= 11 is 0. The average Bonchev–Trinajstić information content (AvgIpc) is 2.90. The van der Waals surface area contributed by atoms with E-state index in [0.29, 0.717) is 5.69 Å². The van der Waals surface area contributed by atoms with E-state index in [0.717, 1.165) is 0 Å². The first-order valence-electron chi connectivity index (χ1n) is 5.66. The maximum atomic E-state index is 11.6. The van der Waals surface area contributed by atoms with Gasteiger partial charge in [-0.05, 0) is 32.1 Å². The van der Waals surface area contributed by atoms with E-state index in [1.807, 2.05) is 13.8 Å². The van der Waals surface area contributed by atoms with Crippen molar-refractivity contribution in [2.75, 3.05) is 0 Å². The molecular weight excluding hydrogens is 250 g/mol. The van der Waals surface area contributed by atoms with Gasteiger partial charge < -0.3 is 14.8 Å². The Morgan fingerprint density at radius 2 is 2.21 bits per heavy atom. The van der Waals surface area contributed by atoms with Crippen LogP contribution in [0.5, 0.6) is 0 Å². The van der Waals surface area contributed by atoms with Crippen molar-refractivity contribution in [2.45, 2.75) is 20.0 Å². The minimum atomic E-state index is -1.06. The number of rotatable bonds is 3. The lowest BCUT2D eigenvalue weighted by molar-refractivity contribution is -0.116. The highest BCUT2D eigenvalue weighted by molar-refractivity contribution is 6.24. The summed E-state index contributed by atoms with van der Waals surface area (Å²) < 4.78 is 5.39. The topological polar surface area (TPSA) is 104 Å². The fourth-order valence-corrected chi connectivity index (χ4v) is 1.54. The molecule has 0 atom stereocenters. The summed E-state index contributed by atoms with van der Waals surface area (Å²) in [5.41, 5.74) is 3.10. The van der Waals surface area contributed by atoms with Crippen molar-refractivity contribution >= 4 is 23.9 Å². The van der Waals surface area contributed by atoms with Gasteiger partial charge in [0.2, 0.25) is 5.90 Å². The molecule has 0 radical (unpaired) electrons. The average molecular weight is 263 g/mol. The van der Waals surface area contributed by atoms with Gasteiger partial charge in [0, 0.05) is 5.69 Å². The molecule has 7 nitrogen and oxygen atoms in total. The van der Waals surface area contributed by atoms with Gasteiger partial charge in [-0.2, -0.15) is 0 Å². The number of carboxylic acid groups (broad SMARTS) is 1. The van der Waals surface area contributed by atoms with E-state index >= 15 is 0 Å². The molecule has 0 saturated heterocycles. The highest BCUT2D eigenvalue weighted by Gasteiger charge is 2.25. The zero-order valence-corrected chi connectivity index (χ0v) is 10.4. The lowest BCUT2D eigenvalue weighted by atomic mass is 10.2. The van der Waals surface area contributed by atoms with Gasteiger partial charge in [-0.15, -0.1) is 5.10 Å². The standard InChI is InChI=1S/C12H13N3O4/c1-6(2)19-11-8(10(16)14-15-11)5-7-3-4-9(13-7)12(17)18/h3-6,13H,1-2H3,(H,14,16)(H,17,18)/b8-5+. The van der Waals surface area contributed by atoms with Crippen molar-refractivity contribution in [3.8, 4) is 0 Å². The molecule has 1 aliphatic heterocycles. The molecule has 3 N–H and O–H groups in total. The van der Waals surface area contributed by atoms with Gasteiger partial charge >= 0.3 is 5.97 Å². The van der Waals surface area contributed by atoms with Crippen molar-refractivity contribution in [1.29, 1.82) is 0 Å². The highest BCUT2D eigenvalue weighted by atomic mass is 16.5. The van der Waals surface area contributed by atoms with Crippen LogP contribution in [0, 0.1) is 0 Å². The Morgan fingerprint density at radius 1 is 1.47 bits per heavy atom. The predicted octanol–water partition coefficient (Wildman–Crippen LogP) is 0.965. The number of H-pyrrole nitrogens is 1. The third kappa shape index (κ3) is 2.82. The number of carbonyl (C=O) groups excluding carboxylic acids is 1. The zero-order chi connectivity index (χ0) is 14.0. The first kappa shape index (κ1) is 12.9. The summed E-state index contributed by atoms with van der Waals surface area (Å²) in [4.78, 5) is 25.0. The van der Waals surface area contributed by atoms with Crippen LogP contribution in [-0.4, -0.2) is 34.0 Å². The summed E-state index contributed by atoms with van der Waals surface area (Å²) in [5.74, 6) is -1.25. The van der Waals surface area contributed by atoms with Crippen LogP contribution in [0.15, 0.2) is 22.8 Å². The van der Waals surface area contributed by atoms with Gasteiger partial charge in [0.05, 0.1) is 6.10 Å². The third-order valence-electron chi connectivity index (χ3n) is 2.32. The Labute approximate surface area is 109 Å². The van der Waals surface area contributed by atoms with Crippen LogP contribution in [0.3, 0.4) is 0 Å². The smallest absolute Gasteiger partial charge is 0.352 e. The van der Waals surface area contributed by atoms with Gasteiger partial charge in [0.1, 0.15) is 11.3 Å². The number of hydrogen-bond donors (Lipinski definition) is 3. The number of nitrogens with one attached hydrogen (secondary N) is 2. The summed E-state index contributed by atoms with van der Waals surface area (Å²) in [5, 5.41) is 12.6. The predicted molar refractivity (Wildman–Crippen MR) is 67.5 cm³/mol. The Morgan fingerprint density at radius 3 is 2.79 bits per heavy atom. The molecule has 2 rings (SSSR count). The molecule has 0 bridgehead atoms. The Hall–Kier alpha value is -2.57. The van der Waals surface area contributed by atoms with E-state index in [1.54, 1.807) is 6.07 Å². The number of nitrogens with zero attached hydrogens (tertiary/aromatic N) is 1. The second-order valence-corrected chi connectivity index (χ2v) is 4.22. The van der Waals surface area contributed by atoms with Crippen LogP contribution in [0.25, 0.3) is 6.08 Å². The van der Waals surface area contributed by atoms with E-state index < -0.39 is 5.97 Å². The molecule has 7 heteroatoms. The van der Waals surface area contributed by atoms with Gasteiger partial charge in [0.25, 0.3) is 5.91 Å². The molecule has 0 spiro atoms. The number of aromatic carboxylic acids is 1. The normalized spacial score (nSPS) is 16.7. The molecule has 1 amide bonds. The number of ether oxygens (including phenoxy) is 1. The van der Waals surface area contributed by atoms with Crippen LogP contribution < -0.4 is 5.43 Å². The van der Waals surface area contributed by atoms with Crippen LogP contribution in [0.2, 0.25) is 0 Å². The molecule has 0 saturated carbocycles. The molecule has 2 heterocycles. The van der Waals surface area contributed by atoms with Crippen LogP contribution in [0.4, 0.5) is 0 Å². The third-order valence-corrected chi connectivity index (χ3v) is 2.32. The number of aromatic nitrogens is 1. The number of amides is 1. The van der Waals surface area contributed by atoms with E-state index in [9.17, 15) is 9.59 Å². The van der Waals surface area contributed by atoms with Gasteiger partial charge in [-0.3, -0.25) is 4.79 Å². The first-order chi connectivity index (χ1) is 8.97. The molecule has 1 aliphatic rings. The summed E-state index contributed by atoms with van der Waals surface area (Å²) in [6.45, 7) is 3.64. The van der Waals surface area contributed by atoms with Crippen LogP contribution in [0.1, 0.15) is 30.0 Å². The second kappa shape index (κ2) is 4.97. The molecule has 0 fully saturated rings. The number of aromatic amines is 1. The molecule has 0 aromatic carbocycles. The van der Waals surface area contributed by atoms with Crippen LogP contribution in [-0.2, 0) is 9.53 Å². The van der Waals surface area contributed by atoms with Gasteiger partial charge in [-0.25, -0.2) is 10.2 Å². The molecule has 19 heavy (non-hydrogen) atoms. The molecule has 0 aliphatic carbocycles. The summed E-state index contributed by atoms with van der Waals surface area (Å²) in [6, 6.07) is 2.98. The molecule has 0 unspecified atom stereocenters. The van der Waals surface area contributed by atoms with Gasteiger partial charge in [0.15, 0.2) is 0 Å². The lowest BCUT2D eigenvalue weighted by Gasteiger charge is -2.08. The minimum absolute atomic E-state index is 0.0496. The van der Waals surface area contributed by atoms with Crippen LogP contribution >= 0.6 is 0 Å². The van der Waals surface area contributed by atoms with Gasteiger partial charge in [-0.1, -0.05) is 0 Å². The summed E-state index contributed by atoms with van der Waals surface area (Å²) in [6.07, 6.45) is 1.38. The number of hydrogen-bond acceptors (Lipinski definition) is 4. The SMILES string of the molecule is CC(C)OC1=NNC(=O)/C1=C\c1ccc(C(=O)O)[nH]1. The van der Waals surface area contributed by atoms with Crippen molar-refractivity contribution < 1.29 is 19.4 Å². The van der Waals surface area contributed by atoms with E-state index in [4.69, 9.17) is 9.84 Å². The maximum Gasteiger partial charge on any atom is 0.352 e. The molecular formula is C12H13N3O4. The van der Waals surface area contributed by atoms with E-state index in [1.165, 1.54) is 12.1 Å². The number of carbonyl (C=O) groups is 2. The van der Waals surface area contributed by atoms with E-state index in [-0.39, 0.29) is 29.2 Å². The minimum Gasteiger partial charge on any atom is -0.477 e. The Balaban J connectivity index is 2.26. The Bertz CT molecular complexity index is 584. The largest absolute Gasteiger partial charge is 0.477 e. The fraction of sp³-hybridized carbons (Fsp3) is 0.250. The lowest BCUT2D eigenvalue weighted by Crippen LogP contribution is -2.16. The monoisotopic (exact) mass is 263 g/mol. The zero-order valence-electron chi connectivity index (χ0n) is 10.4. The quantitative estimate of drug-likeness (QED) is 0.706. The molecule has 1 aromatic rings. The molecule has 1 aromatic heterocycles. The maximum absolute atomic E-state index is 11.6. The second-order valence-electron chi connectivity index (χ2n) is 4.22. The number of carboxylic acids is 1. The van der Waals surface area contributed by atoms with Crippen molar-refractivity contribution in [2.24, 2.45) is 5.10 Å². The fourth-order valence-electron chi connectivity index (χ4n) is 1.54. The number of hydrazone groups is 1. The highest BCUT2D eigenvalue weighted by Crippen LogP contribution is 2.14. The van der Waals surface area contributed by atoms with Crippen molar-refractivity contribution in [3.05, 3.63) is 29.1 Å². The Kier molecular flexibility index (Phi) is 3.37.